The number of likely N-dealkylation sites (tertiary alicyclic amines) is 1. The third kappa shape index (κ3) is 5.37. The summed E-state index contributed by atoms with van der Waals surface area (Å²) in [5.41, 5.74) is 0. The highest BCUT2D eigenvalue weighted by Crippen LogP contribution is 2.24. The van der Waals surface area contributed by atoms with E-state index in [9.17, 15) is 18.0 Å². The van der Waals surface area contributed by atoms with Gasteiger partial charge in [-0.1, -0.05) is 0 Å². The molecule has 9 nitrogen and oxygen atoms in total. The molecule has 0 saturated carbocycles. The average Bonchev–Trinajstić information content (AvgIpc) is 3.17. The molecule has 0 aromatic carbocycles. The van der Waals surface area contributed by atoms with Crippen molar-refractivity contribution in [1.82, 2.24) is 15.5 Å². The van der Waals surface area contributed by atoms with Gasteiger partial charge in [0.1, 0.15) is 0 Å². The summed E-state index contributed by atoms with van der Waals surface area (Å²) < 4.78 is 33.8. The van der Waals surface area contributed by atoms with Crippen LogP contribution in [0.4, 0.5) is 4.79 Å². The van der Waals surface area contributed by atoms with Crippen molar-refractivity contribution in [3.63, 3.8) is 0 Å². The third-order valence-corrected chi connectivity index (χ3v) is 6.53. The van der Waals surface area contributed by atoms with E-state index in [-0.39, 0.29) is 30.3 Å². The summed E-state index contributed by atoms with van der Waals surface area (Å²) in [5, 5.41) is 4.83. The predicted molar refractivity (Wildman–Crippen MR) is 88.6 cm³/mol. The van der Waals surface area contributed by atoms with Gasteiger partial charge in [0.2, 0.25) is 5.91 Å². The Bertz CT molecular complexity index is 604. The van der Waals surface area contributed by atoms with Crippen LogP contribution in [0.2, 0.25) is 0 Å². The fourth-order valence-corrected chi connectivity index (χ4v) is 5.28. The van der Waals surface area contributed by atoms with Gasteiger partial charge in [-0.3, -0.25) is 15.0 Å². The second-order valence-electron chi connectivity index (χ2n) is 6.87. The smallest absolute Gasteiger partial charge is 0.321 e. The van der Waals surface area contributed by atoms with Gasteiger partial charge in [0.25, 0.3) is 0 Å². The Labute approximate surface area is 147 Å². The van der Waals surface area contributed by atoms with Gasteiger partial charge < -0.3 is 14.8 Å². The highest BCUT2D eigenvalue weighted by Gasteiger charge is 2.32. The number of imide groups is 1. The van der Waals surface area contributed by atoms with Crippen molar-refractivity contribution in [2.45, 2.75) is 31.6 Å². The molecule has 0 bridgehead atoms. The van der Waals surface area contributed by atoms with E-state index >= 15 is 0 Å². The number of sulfone groups is 1. The molecule has 0 aromatic heterocycles. The number of nitrogens with one attached hydrogen (secondary N) is 2. The monoisotopic (exact) mass is 375 g/mol. The molecule has 3 rings (SSSR count). The first kappa shape index (κ1) is 18.6. The Morgan fingerprint density at radius 3 is 2.60 bits per heavy atom. The van der Waals surface area contributed by atoms with Gasteiger partial charge in [0.05, 0.1) is 31.3 Å². The van der Waals surface area contributed by atoms with Gasteiger partial charge in [0, 0.05) is 18.5 Å². The third-order valence-electron chi connectivity index (χ3n) is 4.76. The first-order valence-corrected chi connectivity index (χ1v) is 10.5. The van der Waals surface area contributed by atoms with Crippen LogP contribution in [0.25, 0.3) is 0 Å². The molecule has 0 spiro atoms. The molecule has 3 aliphatic rings. The summed E-state index contributed by atoms with van der Waals surface area (Å²) in [4.78, 5) is 25.9. The molecule has 3 heterocycles. The lowest BCUT2D eigenvalue weighted by Gasteiger charge is -2.34. The predicted octanol–water partition coefficient (Wildman–Crippen LogP) is -0.916. The quantitative estimate of drug-likeness (QED) is 0.653. The summed E-state index contributed by atoms with van der Waals surface area (Å²) in [6.45, 7) is 2.83. The molecule has 3 fully saturated rings. The molecule has 3 saturated heterocycles. The van der Waals surface area contributed by atoms with Crippen LogP contribution in [0.5, 0.6) is 0 Å². The zero-order valence-electron chi connectivity index (χ0n) is 14.1. The van der Waals surface area contributed by atoms with Crippen molar-refractivity contribution in [2.75, 3.05) is 44.4 Å². The number of piperidine rings is 1. The maximum absolute atomic E-state index is 12.1. The van der Waals surface area contributed by atoms with E-state index < -0.39 is 27.8 Å². The maximum Gasteiger partial charge on any atom is 0.321 e. The fourth-order valence-electron chi connectivity index (χ4n) is 3.61. The van der Waals surface area contributed by atoms with E-state index in [0.717, 1.165) is 19.4 Å². The molecule has 2 atom stereocenters. The fraction of sp³-hybridized carbons (Fsp3) is 0.867. The molecule has 10 heteroatoms. The number of carbonyl (C=O) groups is 2. The van der Waals surface area contributed by atoms with Crippen molar-refractivity contribution in [3.8, 4) is 0 Å². The summed E-state index contributed by atoms with van der Waals surface area (Å²) >= 11 is 0. The van der Waals surface area contributed by atoms with Crippen LogP contribution in [0.15, 0.2) is 0 Å². The highest BCUT2D eigenvalue weighted by atomic mass is 32.2. The van der Waals surface area contributed by atoms with Crippen molar-refractivity contribution >= 4 is 21.8 Å². The average molecular weight is 375 g/mol. The maximum atomic E-state index is 12.1. The zero-order chi connectivity index (χ0) is 17.9. The Morgan fingerprint density at radius 1 is 1.16 bits per heavy atom. The normalized spacial score (nSPS) is 30.2. The van der Waals surface area contributed by atoms with E-state index in [0.29, 0.717) is 26.2 Å². The Kier molecular flexibility index (Phi) is 5.92. The van der Waals surface area contributed by atoms with Crippen LogP contribution >= 0.6 is 0 Å². The van der Waals surface area contributed by atoms with Crippen LogP contribution in [0.1, 0.15) is 19.3 Å². The molecule has 0 aromatic rings. The minimum atomic E-state index is -3.07. The van der Waals surface area contributed by atoms with Gasteiger partial charge in [0.15, 0.2) is 16.1 Å². The highest BCUT2D eigenvalue weighted by molar-refractivity contribution is 7.91. The molecule has 2 N–H and O–H groups in total. The summed E-state index contributed by atoms with van der Waals surface area (Å²) in [5.74, 6) is -0.148. The molecule has 0 radical (unpaired) electrons. The molecular formula is C15H25N3O6S. The van der Waals surface area contributed by atoms with Crippen molar-refractivity contribution in [2.24, 2.45) is 5.92 Å². The van der Waals surface area contributed by atoms with Gasteiger partial charge in [-0.15, -0.1) is 0 Å². The number of ether oxygens (including phenoxy) is 2. The second-order valence-corrected chi connectivity index (χ2v) is 9.10. The Hall–Kier alpha value is -1.23. The number of urea groups is 1. The minimum Gasteiger partial charge on any atom is -0.350 e. The molecule has 3 amide bonds. The van der Waals surface area contributed by atoms with Gasteiger partial charge >= 0.3 is 6.03 Å². The topological polar surface area (TPSA) is 114 Å². The molecule has 3 aliphatic heterocycles. The van der Waals surface area contributed by atoms with Crippen LogP contribution in [0, 0.1) is 5.92 Å². The first-order chi connectivity index (χ1) is 11.9. The Morgan fingerprint density at radius 2 is 1.92 bits per heavy atom. The van der Waals surface area contributed by atoms with Crippen molar-refractivity contribution in [1.29, 1.82) is 0 Å². The van der Waals surface area contributed by atoms with Gasteiger partial charge in [-0.2, -0.15) is 0 Å². The number of carbonyl (C=O) groups excluding carboxylic acids is 2. The summed E-state index contributed by atoms with van der Waals surface area (Å²) in [6, 6.07) is -1.06. The van der Waals surface area contributed by atoms with Crippen LogP contribution in [-0.2, 0) is 24.1 Å². The molecule has 142 valence electrons. The molecule has 2 unspecified atom stereocenters. The lowest BCUT2D eigenvalue weighted by Crippen LogP contribution is -2.50. The van der Waals surface area contributed by atoms with Crippen LogP contribution < -0.4 is 10.6 Å². The molecule has 0 aliphatic carbocycles. The number of nitrogens with zero attached hydrogens (tertiary/aromatic N) is 1. The van der Waals surface area contributed by atoms with Crippen molar-refractivity contribution in [3.05, 3.63) is 0 Å². The largest absolute Gasteiger partial charge is 0.350 e. The number of hydrogen-bond acceptors (Lipinski definition) is 7. The lowest BCUT2D eigenvalue weighted by atomic mass is 9.97. The Balaban J connectivity index is 1.40. The van der Waals surface area contributed by atoms with E-state index in [1.54, 1.807) is 0 Å². The summed E-state index contributed by atoms with van der Waals surface area (Å²) in [7, 11) is -3.07. The van der Waals surface area contributed by atoms with Gasteiger partial charge in [-0.05, 0) is 25.8 Å². The number of rotatable bonds is 4. The van der Waals surface area contributed by atoms with Crippen LogP contribution in [-0.4, -0.2) is 81.9 Å². The zero-order valence-corrected chi connectivity index (χ0v) is 14.9. The van der Waals surface area contributed by atoms with Crippen molar-refractivity contribution < 1.29 is 27.5 Å². The number of hydrogen-bond donors (Lipinski definition) is 2. The van der Waals surface area contributed by atoms with E-state index in [2.05, 4.69) is 10.6 Å². The SMILES string of the molecule is O=C(CN1CCCC(C2OCCO2)C1)NC(=O)NC1CCS(=O)(=O)C1. The van der Waals surface area contributed by atoms with Crippen LogP contribution in [0.3, 0.4) is 0 Å². The van der Waals surface area contributed by atoms with E-state index in [4.69, 9.17) is 9.47 Å². The molecule has 25 heavy (non-hydrogen) atoms. The minimum absolute atomic E-state index is 0.0657. The van der Waals surface area contributed by atoms with E-state index in [1.165, 1.54) is 0 Å². The number of amides is 3. The van der Waals surface area contributed by atoms with Gasteiger partial charge in [-0.25, -0.2) is 13.2 Å². The second kappa shape index (κ2) is 7.98. The first-order valence-electron chi connectivity index (χ1n) is 8.67. The standard InChI is InChI=1S/C15H25N3O6S/c19-13(17-15(20)16-12-3-7-25(21,22)10-12)9-18-4-1-2-11(8-18)14-23-5-6-24-14/h11-12,14H,1-10H2,(H2,16,17,19,20). The lowest BCUT2D eigenvalue weighted by molar-refractivity contribution is -0.124. The van der Waals surface area contributed by atoms with E-state index in [1.807, 2.05) is 4.90 Å². The molecular weight excluding hydrogens is 350 g/mol. The summed E-state index contributed by atoms with van der Waals surface area (Å²) in [6.07, 6.45) is 2.14.